The molecule has 0 aromatic heterocycles. The Kier molecular flexibility index (Phi) is 7.61. The van der Waals surface area contributed by atoms with Crippen molar-refractivity contribution < 1.29 is 19.1 Å². The summed E-state index contributed by atoms with van der Waals surface area (Å²) < 4.78 is 10.9. The van der Waals surface area contributed by atoms with Crippen molar-refractivity contribution in [2.45, 2.75) is 6.61 Å². The number of rotatable bonds is 7. The molecule has 158 valence electrons. The molecule has 0 aliphatic carbocycles. The summed E-state index contributed by atoms with van der Waals surface area (Å²) in [5, 5.41) is 6.94. The molecular formula is C23H20ClN3O4. The Labute approximate surface area is 184 Å². The lowest BCUT2D eigenvalue weighted by Gasteiger charge is -2.09. The lowest BCUT2D eigenvalue weighted by Crippen LogP contribution is -2.32. The first kappa shape index (κ1) is 21.9. The second-order valence-electron chi connectivity index (χ2n) is 6.31. The number of methoxy groups -OCH3 is 1. The second-order valence-corrected chi connectivity index (χ2v) is 6.71. The SMILES string of the molecule is COc1ccccc1NC(=O)C(=O)N/N=C\c1cccc(OCc2ccccc2Cl)c1. The number of hydrazone groups is 1. The number of ether oxygens (including phenoxy) is 2. The van der Waals surface area contributed by atoms with Crippen LogP contribution in [-0.2, 0) is 16.2 Å². The molecule has 0 atom stereocenters. The minimum Gasteiger partial charge on any atom is -0.495 e. The van der Waals surface area contributed by atoms with Crippen molar-refractivity contribution in [3.63, 3.8) is 0 Å². The summed E-state index contributed by atoms with van der Waals surface area (Å²) in [7, 11) is 1.47. The Bertz CT molecular complexity index is 1100. The summed E-state index contributed by atoms with van der Waals surface area (Å²) in [5.74, 6) is -0.711. The summed E-state index contributed by atoms with van der Waals surface area (Å²) in [4.78, 5) is 24.0. The van der Waals surface area contributed by atoms with Gasteiger partial charge in [-0.1, -0.05) is 54.1 Å². The third-order valence-electron chi connectivity index (χ3n) is 4.15. The molecule has 0 saturated carbocycles. The van der Waals surface area contributed by atoms with E-state index in [1.165, 1.54) is 13.3 Å². The van der Waals surface area contributed by atoms with E-state index in [4.69, 9.17) is 21.1 Å². The molecule has 3 aromatic rings. The lowest BCUT2D eigenvalue weighted by atomic mass is 10.2. The van der Waals surface area contributed by atoms with Crippen LogP contribution in [0.15, 0.2) is 77.9 Å². The molecule has 0 aliphatic rings. The molecule has 3 aromatic carbocycles. The van der Waals surface area contributed by atoms with Gasteiger partial charge in [0.2, 0.25) is 0 Å². The zero-order valence-corrected chi connectivity index (χ0v) is 17.4. The summed E-state index contributed by atoms with van der Waals surface area (Å²) in [6.45, 7) is 0.320. The number of amides is 2. The first-order valence-electron chi connectivity index (χ1n) is 9.30. The van der Waals surface area contributed by atoms with Gasteiger partial charge in [0.25, 0.3) is 0 Å². The van der Waals surface area contributed by atoms with Gasteiger partial charge in [0.05, 0.1) is 19.0 Å². The number of hydrogen-bond acceptors (Lipinski definition) is 5. The van der Waals surface area contributed by atoms with Crippen LogP contribution in [0.1, 0.15) is 11.1 Å². The van der Waals surface area contributed by atoms with E-state index in [1.807, 2.05) is 18.2 Å². The van der Waals surface area contributed by atoms with Crippen molar-refractivity contribution >= 4 is 35.3 Å². The zero-order valence-electron chi connectivity index (χ0n) is 16.7. The second kappa shape index (κ2) is 10.8. The lowest BCUT2D eigenvalue weighted by molar-refractivity contribution is -0.136. The first-order valence-corrected chi connectivity index (χ1v) is 9.68. The fourth-order valence-corrected chi connectivity index (χ4v) is 2.79. The highest BCUT2D eigenvalue weighted by atomic mass is 35.5. The molecule has 3 rings (SSSR count). The average Bonchev–Trinajstić information content (AvgIpc) is 2.79. The van der Waals surface area contributed by atoms with Crippen LogP contribution in [0.2, 0.25) is 5.02 Å². The van der Waals surface area contributed by atoms with E-state index in [0.717, 1.165) is 5.56 Å². The Balaban J connectivity index is 1.54. The fraction of sp³-hybridized carbons (Fsp3) is 0.0870. The quantitative estimate of drug-likeness (QED) is 0.332. The Hall–Kier alpha value is -3.84. The molecule has 0 spiro atoms. The number of nitrogens with zero attached hydrogens (tertiary/aromatic N) is 1. The molecule has 31 heavy (non-hydrogen) atoms. The van der Waals surface area contributed by atoms with Gasteiger partial charge in [-0.3, -0.25) is 9.59 Å². The summed E-state index contributed by atoms with van der Waals surface area (Å²) in [6.07, 6.45) is 1.41. The molecule has 0 saturated heterocycles. The smallest absolute Gasteiger partial charge is 0.329 e. The highest BCUT2D eigenvalue weighted by molar-refractivity contribution is 6.39. The maximum Gasteiger partial charge on any atom is 0.329 e. The normalized spacial score (nSPS) is 10.5. The maximum atomic E-state index is 12.0. The van der Waals surface area contributed by atoms with E-state index in [2.05, 4.69) is 15.8 Å². The number of carbonyl (C=O) groups excluding carboxylic acids is 2. The standard InChI is InChI=1S/C23H20ClN3O4/c1-30-21-12-5-4-11-20(21)26-22(28)23(29)27-25-14-16-7-6-9-18(13-16)31-15-17-8-2-3-10-19(17)24/h2-14H,15H2,1H3,(H,26,28)(H,27,29)/b25-14-. The van der Waals surface area contributed by atoms with Crippen molar-refractivity contribution in [2.24, 2.45) is 5.10 Å². The predicted octanol–water partition coefficient (Wildman–Crippen LogP) is 4.02. The Morgan fingerprint density at radius 1 is 1.00 bits per heavy atom. The minimum absolute atomic E-state index is 0.320. The molecular weight excluding hydrogens is 418 g/mol. The number of anilines is 1. The van der Waals surface area contributed by atoms with Gasteiger partial charge >= 0.3 is 11.8 Å². The van der Waals surface area contributed by atoms with E-state index in [9.17, 15) is 9.59 Å². The van der Waals surface area contributed by atoms with Crippen molar-refractivity contribution in [3.8, 4) is 11.5 Å². The van der Waals surface area contributed by atoms with Crippen molar-refractivity contribution in [1.82, 2.24) is 5.43 Å². The highest BCUT2D eigenvalue weighted by Crippen LogP contribution is 2.22. The summed E-state index contributed by atoms with van der Waals surface area (Å²) >= 11 is 6.13. The average molecular weight is 438 g/mol. The largest absolute Gasteiger partial charge is 0.495 e. The van der Waals surface area contributed by atoms with E-state index in [1.54, 1.807) is 54.6 Å². The van der Waals surface area contributed by atoms with Gasteiger partial charge in [-0.05, 0) is 35.9 Å². The molecule has 0 unspecified atom stereocenters. The van der Waals surface area contributed by atoms with Gasteiger partial charge in [0.15, 0.2) is 0 Å². The van der Waals surface area contributed by atoms with Gasteiger partial charge in [-0.15, -0.1) is 0 Å². The number of carbonyl (C=O) groups is 2. The van der Waals surface area contributed by atoms with Crippen LogP contribution in [0.5, 0.6) is 11.5 Å². The van der Waals surface area contributed by atoms with Gasteiger partial charge in [0.1, 0.15) is 18.1 Å². The Morgan fingerprint density at radius 3 is 2.58 bits per heavy atom. The van der Waals surface area contributed by atoms with E-state index in [-0.39, 0.29) is 0 Å². The molecule has 8 heteroatoms. The predicted molar refractivity (Wildman–Crippen MR) is 120 cm³/mol. The van der Waals surface area contributed by atoms with E-state index in [0.29, 0.717) is 34.4 Å². The minimum atomic E-state index is -0.909. The molecule has 0 heterocycles. The van der Waals surface area contributed by atoms with Gasteiger partial charge < -0.3 is 14.8 Å². The zero-order chi connectivity index (χ0) is 22.1. The van der Waals surface area contributed by atoms with E-state index >= 15 is 0 Å². The van der Waals surface area contributed by atoms with Crippen LogP contribution in [0.25, 0.3) is 0 Å². The number of hydrogen-bond donors (Lipinski definition) is 2. The summed E-state index contributed by atoms with van der Waals surface area (Å²) in [6, 6.07) is 21.3. The van der Waals surface area contributed by atoms with Crippen LogP contribution in [0, 0.1) is 0 Å². The summed E-state index contributed by atoms with van der Waals surface area (Å²) in [5.41, 5.74) is 4.13. The first-order chi connectivity index (χ1) is 15.1. The molecule has 0 fully saturated rings. The van der Waals surface area contributed by atoms with Gasteiger partial charge in [-0.2, -0.15) is 5.10 Å². The van der Waals surface area contributed by atoms with E-state index < -0.39 is 11.8 Å². The van der Waals surface area contributed by atoms with Crippen molar-refractivity contribution in [2.75, 3.05) is 12.4 Å². The molecule has 0 bridgehead atoms. The third kappa shape index (κ3) is 6.32. The molecule has 2 amide bonds. The monoisotopic (exact) mass is 437 g/mol. The topological polar surface area (TPSA) is 89.0 Å². The highest BCUT2D eigenvalue weighted by Gasteiger charge is 2.14. The van der Waals surface area contributed by atoms with Crippen LogP contribution >= 0.6 is 11.6 Å². The number of benzene rings is 3. The van der Waals surface area contributed by atoms with Crippen molar-refractivity contribution in [3.05, 3.63) is 88.9 Å². The maximum absolute atomic E-state index is 12.0. The molecule has 7 nitrogen and oxygen atoms in total. The number of para-hydroxylation sites is 2. The molecule has 2 N–H and O–H groups in total. The molecule has 0 aliphatic heterocycles. The number of halogens is 1. The van der Waals surface area contributed by atoms with Crippen LogP contribution < -0.4 is 20.2 Å². The van der Waals surface area contributed by atoms with Gasteiger partial charge in [-0.25, -0.2) is 5.43 Å². The third-order valence-corrected chi connectivity index (χ3v) is 4.52. The van der Waals surface area contributed by atoms with Crippen molar-refractivity contribution in [1.29, 1.82) is 0 Å². The molecule has 0 radical (unpaired) electrons. The van der Waals surface area contributed by atoms with Crippen LogP contribution in [-0.4, -0.2) is 25.1 Å². The van der Waals surface area contributed by atoms with Gasteiger partial charge in [0, 0.05) is 10.6 Å². The number of nitrogens with one attached hydrogen (secondary N) is 2. The van der Waals surface area contributed by atoms with Crippen LogP contribution in [0.4, 0.5) is 5.69 Å². The van der Waals surface area contributed by atoms with Crippen LogP contribution in [0.3, 0.4) is 0 Å². The fourth-order valence-electron chi connectivity index (χ4n) is 2.60. The Morgan fingerprint density at radius 2 is 1.77 bits per heavy atom.